The van der Waals surface area contributed by atoms with Crippen molar-refractivity contribution in [2.24, 2.45) is 0 Å². The zero-order valence-corrected chi connectivity index (χ0v) is 13.6. The molecule has 3 aromatic rings. The van der Waals surface area contributed by atoms with Crippen molar-refractivity contribution in [3.8, 4) is 0 Å². The Morgan fingerprint density at radius 3 is 2.55 bits per heavy atom. The Morgan fingerprint density at radius 1 is 1.15 bits per heavy atom. The van der Waals surface area contributed by atoms with Crippen LogP contribution in [0.3, 0.4) is 0 Å². The predicted molar refractivity (Wildman–Crippen MR) is 86.2 cm³/mol. The number of fused-ring (bicyclic) bond motifs is 1. The molecule has 3 rings (SSSR count). The molecule has 0 aliphatic carbocycles. The van der Waals surface area contributed by atoms with Crippen LogP contribution in [0.2, 0.25) is 0 Å². The summed E-state index contributed by atoms with van der Waals surface area (Å²) >= 11 is 2.03. The largest absolute Gasteiger partial charge is 0.269 e. The summed E-state index contributed by atoms with van der Waals surface area (Å²) in [6.07, 6.45) is 3.26. The number of pyridine rings is 1. The van der Waals surface area contributed by atoms with Crippen molar-refractivity contribution in [2.75, 3.05) is 0 Å². The molecule has 0 spiro atoms. The first-order valence-corrected chi connectivity index (χ1v) is 8.45. The topological polar surface area (TPSA) is 52.0 Å². The molecule has 0 saturated carbocycles. The molecule has 0 aliphatic rings. The Labute approximate surface area is 130 Å². The van der Waals surface area contributed by atoms with Gasteiger partial charge in [0.2, 0.25) is 0 Å². The van der Waals surface area contributed by atoms with Gasteiger partial charge in [-0.2, -0.15) is 0 Å². The van der Waals surface area contributed by atoms with Gasteiger partial charge in [0.1, 0.15) is 0 Å². The van der Waals surface area contributed by atoms with E-state index in [1.165, 1.54) is 3.97 Å². The predicted octanol–water partition coefficient (Wildman–Crippen LogP) is 3.19. The van der Waals surface area contributed by atoms with E-state index in [4.69, 9.17) is 0 Å². The molecule has 0 aliphatic heterocycles. The second-order valence-electron chi connectivity index (χ2n) is 4.48. The third kappa shape index (κ3) is 2.12. The van der Waals surface area contributed by atoms with Crippen LogP contribution >= 0.6 is 22.6 Å². The quantitative estimate of drug-likeness (QED) is 0.624. The number of halogens is 1. The Morgan fingerprint density at radius 2 is 1.85 bits per heavy atom. The molecule has 20 heavy (non-hydrogen) atoms. The normalized spacial score (nSPS) is 11.9. The van der Waals surface area contributed by atoms with Crippen molar-refractivity contribution in [3.63, 3.8) is 0 Å². The summed E-state index contributed by atoms with van der Waals surface area (Å²) < 4.78 is 27.6. The van der Waals surface area contributed by atoms with Crippen molar-refractivity contribution in [2.45, 2.75) is 11.8 Å². The van der Waals surface area contributed by atoms with Gasteiger partial charge in [0, 0.05) is 17.8 Å². The molecule has 1 aromatic carbocycles. The first-order valence-electron chi connectivity index (χ1n) is 5.93. The van der Waals surface area contributed by atoms with E-state index in [0.29, 0.717) is 9.22 Å². The standard InChI is InChI=1S/C14H11IN2O2S/c1-10-2-4-12(5-3-10)20(18,19)17-13-6-7-16-9-11(13)8-14(17)15/h2-9H,1H3. The Kier molecular flexibility index (Phi) is 3.29. The maximum absolute atomic E-state index is 12.8. The molecule has 0 unspecified atom stereocenters. The fourth-order valence-corrected chi connectivity index (χ4v) is 4.83. The molecule has 0 N–H and O–H groups in total. The van der Waals surface area contributed by atoms with Gasteiger partial charge in [-0.05, 0) is 53.8 Å². The molecule has 6 heteroatoms. The molecule has 0 radical (unpaired) electrons. The van der Waals surface area contributed by atoms with Gasteiger partial charge in [0.25, 0.3) is 10.0 Å². The molecule has 0 fully saturated rings. The molecule has 102 valence electrons. The molecule has 2 aromatic heterocycles. The first-order chi connectivity index (χ1) is 9.50. The van der Waals surface area contributed by atoms with E-state index in [1.807, 2.05) is 35.6 Å². The highest BCUT2D eigenvalue weighted by molar-refractivity contribution is 14.1. The molecular formula is C14H11IN2O2S. The smallest absolute Gasteiger partial charge is 0.264 e. The first kappa shape index (κ1) is 13.6. The van der Waals surface area contributed by atoms with Gasteiger partial charge in [-0.1, -0.05) is 17.7 Å². The van der Waals surface area contributed by atoms with E-state index in [9.17, 15) is 8.42 Å². The second-order valence-corrected chi connectivity index (χ2v) is 7.38. The fourth-order valence-electron chi connectivity index (χ4n) is 2.06. The molecular weight excluding hydrogens is 387 g/mol. The number of aryl methyl sites for hydroxylation is 1. The minimum Gasteiger partial charge on any atom is -0.264 e. The van der Waals surface area contributed by atoms with Crippen molar-refractivity contribution >= 4 is 43.5 Å². The van der Waals surface area contributed by atoms with Crippen LogP contribution in [0.4, 0.5) is 0 Å². The number of benzene rings is 1. The Balaban J connectivity index is 2.29. The summed E-state index contributed by atoms with van der Waals surface area (Å²) in [6, 6.07) is 10.4. The highest BCUT2D eigenvalue weighted by atomic mass is 127. The van der Waals surface area contributed by atoms with Crippen LogP contribution in [0, 0.1) is 10.6 Å². The van der Waals surface area contributed by atoms with Crippen LogP contribution in [0.15, 0.2) is 53.7 Å². The minimum atomic E-state index is -3.59. The number of nitrogens with zero attached hydrogens (tertiary/aromatic N) is 2. The van der Waals surface area contributed by atoms with E-state index in [-0.39, 0.29) is 4.90 Å². The van der Waals surface area contributed by atoms with E-state index >= 15 is 0 Å². The average Bonchev–Trinajstić information content (AvgIpc) is 2.75. The van der Waals surface area contributed by atoms with Crippen molar-refractivity contribution in [1.82, 2.24) is 8.96 Å². The van der Waals surface area contributed by atoms with Crippen LogP contribution in [0.25, 0.3) is 10.9 Å². The second kappa shape index (κ2) is 4.85. The maximum atomic E-state index is 12.8. The summed E-state index contributed by atoms with van der Waals surface area (Å²) in [6.45, 7) is 1.93. The van der Waals surface area contributed by atoms with E-state index in [1.54, 1.807) is 42.7 Å². The fraction of sp³-hybridized carbons (Fsp3) is 0.0714. The lowest BCUT2D eigenvalue weighted by atomic mass is 10.2. The van der Waals surface area contributed by atoms with Gasteiger partial charge in [0.05, 0.1) is 14.1 Å². The van der Waals surface area contributed by atoms with Crippen LogP contribution in [-0.4, -0.2) is 17.4 Å². The zero-order valence-electron chi connectivity index (χ0n) is 10.6. The van der Waals surface area contributed by atoms with Gasteiger partial charge < -0.3 is 0 Å². The van der Waals surface area contributed by atoms with Crippen LogP contribution in [0.1, 0.15) is 5.56 Å². The summed E-state index contributed by atoms with van der Waals surface area (Å²) in [5.74, 6) is 0. The van der Waals surface area contributed by atoms with Gasteiger partial charge in [0.15, 0.2) is 0 Å². The van der Waals surface area contributed by atoms with Crippen molar-refractivity contribution < 1.29 is 8.42 Å². The number of rotatable bonds is 2. The minimum absolute atomic E-state index is 0.287. The summed E-state index contributed by atoms with van der Waals surface area (Å²) in [7, 11) is -3.59. The lowest BCUT2D eigenvalue weighted by molar-refractivity contribution is 0.588. The van der Waals surface area contributed by atoms with E-state index in [2.05, 4.69) is 4.98 Å². The Bertz CT molecular complexity index is 883. The SMILES string of the molecule is Cc1ccc(S(=O)(=O)n2c(I)cc3cnccc32)cc1. The van der Waals surface area contributed by atoms with E-state index < -0.39 is 10.0 Å². The number of aromatic nitrogens is 2. The summed E-state index contributed by atoms with van der Waals surface area (Å²) in [4.78, 5) is 4.31. The van der Waals surface area contributed by atoms with Gasteiger partial charge in [-0.3, -0.25) is 4.98 Å². The van der Waals surface area contributed by atoms with Crippen LogP contribution < -0.4 is 0 Å². The zero-order chi connectivity index (χ0) is 14.3. The monoisotopic (exact) mass is 398 g/mol. The van der Waals surface area contributed by atoms with Gasteiger partial charge in [-0.15, -0.1) is 0 Å². The van der Waals surface area contributed by atoms with Crippen molar-refractivity contribution in [3.05, 3.63) is 58.1 Å². The van der Waals surface area contributed by atoms with Crippen LogP contribution in [0.5, 0.6) is 0 Å². The Hall–Kier alpha value is -1.41. The number of hydrogen-bond donors (Lipinski definition) is 0. The summed E-state index contributed by atoms with van der Waals surface area (Å²) in [5, 5.41) is 0.813. The maximum Gasteiger partial charge on any atom is 0.269 e. The van der Waals surface area contributed by atoms with Gasteiger partial charge in [-0.25, -0.2) is 12.4 Å². The van der Waals surface area contributed by atoms with Gasteiger partial charge >= 0.3 is 0 Å². The highest BCUT2D eigenvalue weighted by Crippen LogP contribution is 2.26. The third-order valence-electron chi connectivity index (χ3n) is 3.07. The lowest BCUT2D eigenvalue weighted by Crippen LogP contribution is -2.14. The molecule has 2 heterocycles. The molecule has 4 nitrogen and oxygen atoms in total. The van der Waals surface area contributed by atoms with Crippen molar-refractivity contribution in [1.29, 1.82) is 0 Å². The number of hydrogen-bond acceptors (Lipinski definition) is 3. The third-order valence-corrected chi connectivity index (χ3v) is 5.94. The molecule has 0 atom stereocenters. The summed E-state index contributed by atoms with van der Waals surface area (Å²) in [5.41, 5.74) is 1.67. The highest BCUT2D eigenvalue weighted by Gasteiger charge is 2.21. The van der Waals surface area contributed by atoms with E-state index in [0.717, 1.165) is 10.9 Å². The van der Waals surface area contributed by atoms with Crippen LogP contribution in [-0.2, 0) is 10.0 Å². The molecule has 0 saturated heterocycles. The average molecular weight is 398 g/mol. The lowest BCUT2D eigenvalue weighted by Gasteiger charge is -2.09. The molecule has 0 bridgehead atoms. The molecule has 0 amide bonds.